The minimum absolute atomic E-state index is 0.0896. The number of hydrogen-bond acceptors (Lipinski definition) is 8. The van der Waals surface area contributed by atoms with Gasteiger partial charge < -0.3 is 19.8 Å². The van der Waals surface area contributed by atoms with Crippen LogP contribution in [0.3, 0.4) is 0 Å². The van der Waals surface area contributed by atoms with Crippen LogP contribution in [0.5, 0.6) is 0 Å². The highest BCUT2D eigenvalue weighted by Gasteiger charge is 2.51. The Balaban J connectivity index is 0.590. The number of aromatic amines is 1. The van der Waals surface area contributed by atoms with Gasteiger partial charge in [0.15, 0.2) is 6.29 Å². The maximum atomic E-state index is 5.78. The zero-order chi connectivity index (χ0) is 64.4. The van der Waals surface area contributed by atoms with E-state index in [4.69, 9.17) is 4.99 Å². The average molecular weight is 1310 g/mol. The van der Waals surface area contributed by atoms with Crippen LogP contribution in [0.2, 0.25) is 0 Å². The van der Waals surface area contributed by atoms with Crippen molar-refractivity contribution in [3.63, 3.8) is 0 Å². The number of benzene rings is 3. The molecule has 12 atom stereocenters. The second-order valence-corrected chi connectivity index (χ2v) is 31.2. The van der Waals surface area contributed by atoms with Crippen molar-refractivity contribution in [1.29, 1.82) is 0 Å². The van der Waals surface area contributed by atoms with Gasteiger partial charge in [-0.2, -0.15) is 0 Å². The average Bonchev–Trinajstić information content (AvgIpc) is 1.56. The molecule has 12 unspecified atom stereocenters. The summed E-state index contributed by atoms with van der Waals surface area (Å²) in [5.74, 6) is 5.32. The molecule has 20 rings (SSSR count). The molecule has 0 saturated heterocycles. The molecule has 13 aliphatic rings. The molecule has 11 heteroatoms. The summed E-state index contributed by atoms with van der Waals surface area (Å²) in [5.41, 5.74) is 19.7. The largest absolute Gasteiger partial charge is 0.353 e. The van der Waals surface area contributed by atoms with Crippen molar-refractivity contribution in [2.24, 2.45) is 50.5 Å². The topological polar surface area (TPSA) is 90.0 Å². The zero-order valence-corrected chi connectivity index (χ0v) is 56.6. The molecular weight excluding hydrogens is 1240 g/mol. The van der Waals surface area contributed by atoms with Crippen molar-refractivity contribution < 1.29 is 0 Å². The fraction of sp³-hybridized carbons (Fsp3) is 0.276. The van der Waals surface area contributed by atoms with Crippen LogP contribution in [0.1, 0.15) is 121 Å². The molecule has 98 heavy (non-hydrogen) atoms. The lowest BCUT2D eigenvalue weighted by atomic mass is 9.72. The molecule has 6 aliphatic heterocycles. The van der Waals surface area contributed by atoms with Crippen molar-refractivity contribution in [1.82, 2.24) is 29.7 Å². The Morgan fingerprint density at radius 3 is 2.33 bits per heavy atom. The second-order valence-electron chi connectivity index (χ2n) is 29.0. The Kier molecular flexibility index (Phi) is 14.6. The van der Waals surface area contributed by atoms with Crippen LogP contribution >= 0.6 is 23.1 Å². The van der Waals surface area contributed by atoms with Crippen molar-refractivity contribution >= 4 is 84.5 Å². The minimum atomic E-state index is -0.0896. The number of allylic oxidation sites excluding steroid dienone is 23. The van der Waals surface area contributed by atoms with Crippen molar-refractivity contribution in [3.05, 3.63) is 303 Å². The summed E-state index contributed by atoms with van der Waals surface area (Å²) in [6, 6.07) is 30.4. The van der Waals surface area contributed by atoms with E-state index >= 15 is 0 Å². The molecule has 0 fully saturated rings. The Labute approximate surface area is 581 Å². The number of para-hydroxylation sites is 1. The summed E-state index contributed by atoms with van der Waals surface area (Å²) >= 11 is 4.23. The van der Waals surface area contributed by atoms with E-state index in [0.29, 0.717) is 40.8 Å². The normalized spacial score (nSPS) is 29.7. The third-order valence-electron chi connectivity index (χ3n) is 23.6. The predicted molar refractivity (Wildman–Crippen MR) is 408 cm³/mol. The maximum Gasteiger partial charge on any atom is 0.156 e. The standard InChI is InChI=1S/C87H79N9S2/c1-5-17-57(18-6-1)79-68-37-39-75-81(85(68)97-83(79)59-21-9-3-10-22-59)66-25-13-15-27-73(66)95(75)78-44-62(53-29-31-55(32-30-53)64-47-88-48-64)43-70(91-78)61-41-42-94(52-61)77-45-63(51-90-77)54-33-35-56(36-34-54)71-46-72(65-49-89-50-65)93-87(92-71)96-74-28-16-14-26-67(74)82-76(96)40-38-69-80(58-19-7-2-8-20-58)84(98-86(69)82)60-23-11-4-12-24-60/h2-5,7,9-17,21,23-29,31-35,37,39,41-43,45-53,56-59,62,67,71,74,80,84,87,90,92-93H,1,6,8,18-20,22,30,36,38,40,44H2. The number of H-pyrrole nitrogens is 1. The van der Waals surface area contributed by atoms with Crippen LogP contribution in [0, 0.1) is 35.5 Å². The van der Waals surface area contributed by atoms with Crippen molar-refractivity contribution in [3.8, 4) is 5.82 Å². The molecular formula is C87H79N9S2. The van der Waals surface area contributed by atoms with Crippen LogP contribution < -0.4 is 10.6 Å². The number of hydrogen-bond donors (Lipinski definition) is 3. The maximum absolute atomic E-state index is 5.78. The first-order chi connectivity index (χ1) is 48.6. The number of thiophene rings is 1. The lowest BCUT2D eigenvalue weighted by molar-refractivity contribution is 0.135. The second kappa shape index (κ2) is 24.3. The molecule has 10 heterocycles. The number of aliphatic imine (C=N–C) groups is 3. The third kappa shape index (κ3) is 9.98. The van der Waals surface area contributed by atoms with Gasteiger partial charge in [0.25, 0.3) is 0 Å². The van der Waals surface area contributed by atoms with Gasteiger partial charge in [-0.05, 0) is 158 Å². The highest BCUT2D eigenvalue weighted by molar-refractivity contribution is 8.03. The molecule has 7 aromatic rings. The van der Waals surface area contributed by atoms with Gasteiger partial charge in [-0.1, -0.05) is 176 Å². The van der Waals surface area contributed by atoms with E-state index in [-0.39, 0.29) is 30.2 Å². The van der Waals surface area contributed by atoms with Gasteiger partial charge in [0.2, 0.25) is 0 Å². The van der Waals surface area contributed by atoms with Gasteiger partial charge in [-0.3, -0.25) is 19.9 Å². The predicted octanol–water partition coefficient (Wildman–Crippen LogP) is 20.2. The summed E-state index contributed by atoms with van der Waals surface area (Å²) < 4.78 is 6.18. The molecule has 3 aromatic carbocycles. The van der Waals surface area contributed by atoms with Gasteiger partial charge in [0, 0.05) is 144 Å². The number of fused-ring (bicyclic) bond motifs is 8. The van der Waals surface area contributed by atoms with E-state index in [1.807, 2.05) is 36.2 Å². The first-order valence-corrected chi connectivity index (χ1v) is 37.9. The van der Waals surface area contributed by atoms with E-state index in [9.17, 15) is 0 Å². The van der Waals surface area contributed by atoms with Gasteiger partial charge >= 0.3 is 0 Å². The fourth-order valence-electron chi connectivity index (χ4n) is 18.7. The fourth-order valence-corrected chi connectivity index (χ4v) is 22.0. The molecule has 9 nitrogen and oxygen atoms in total. The molecule has 0 amide bonds. The molecule has 484 valence electrons. The molecule has 0 radical (unpaired) electrons. The Hall–Kier alpha value is -9.26. The van der Waals surface area contributed by atoms with E-state index in [0.717, 1.165) is 61.4 Å². The first-order valence-electron chi connectivity index (χ1n) is 36.2. The molecule has 0 bridgehead atoms. The minimum Gasteiger partial charge on any atom is -0.353 e. The number of nitrogens with zero attached hydrogens (tertiary/aromatic N) is 6. The number of nitrogens with one attached hydrogen (secondary N) is 3. The van der Waals surface area contributed by atoms with Gasteiger partial charge in [-0.15, -0.1) is 23.1 Å². The third-order valence-corrected chi connectivity index (χ3v) is 26.5. The van der Waals surface area contributed by atoms with Gasteiger partial charge in [0.05, 0.1) is 22.8 Å². The molecule has 0 saturated carbocycles. The van der Waals surface area contributed by atoms with Gasteiger partial charge in [0.1, 0.15) is 11.7 Å². The first kappa shape index (κ1) is 58.9. The summed E-state index contributed by atoms with van der Waals surface area (Å²) in [7, 11) is 0. The smallest absolute Gasteiger partial charge is 0.156 e. The molecule has 4 aromatic heterocycles. The Morgan fingerprint density at radius 1 is 0.653 bits per heavy atom. The summed E-state index contributed by atoms with van der Waals surface area (Å²) in [5, 5.41) is 12.8. The summed E-state index contributed by atoms with van der Waals surface area (Å²) in [6.07, 6.45) is 75.8. The number of rotatable bonds is 12. The van der Waals surface area contributed by atoms with E-state index < -0.39 is 0 Å². The summed E-state index contributed by atoms with van der Waals surface area (Å²) in [6.45, 7) is 0. The Bertz CT molecular complexity index is 5120. The highest BCUT2D eigenvalue weighted by atomic mass is 32.2. The van der Waals surface area contributed by atoms with Crippen LogP contribution in [-0.2, 0) is 0 Å². The van der Waals surface area contributed by atoms with Crippen molar-refractivity contribution in [2.75, 3.05) is 0 Å². The van der Waals surface area contributed by atoms with Crippen molar-refractivity contribution in [2.45, 2.75) is 113 Å². The van der Waals surface area contributed by atoms with Crippen LogP contribution in [0.15, 0.2) is 291 Å². The van der Waals surface area contributed by atoms with Crippen LogP contribution in [0.4, 0.5) is 0 Å². The lowest BCUT2D eigenvalue weighted by Gasteiger charge is -2.45. The van der Waals surface area contributed by atoms with E-state index in [2.05, 4.69) is 270 Å². The summed E-state index contributed by atoms with van der Waals surface area (Å²) in [4.78, 5) is 24.1. The highest BCUT2D eigenvalue weighted by Crippen LogP contribution is 2.64. The monoisotopic (exact) mass is 1310 g/mol. The number of thioether (sulfide) groups is 1. The number of aromatic nitrogens is 3. The SMILES string of the molecule is C1=CCC(c2sc3c(ccc4c3c3ccccc3n4C3=NC(c4ccn(-c5cc(C6=CCC(C7C=C(C8=CN=C8)NC(N8C9=C(C%10=C(CC9)C(C9CC=CCC9)C(c9ccccc9)S%10)C9C=CC=CC98)N7)C=C6)c[nH]5)c4)=CC(C4C=CC(C5=CN=C5)=CC4)C3)c2C2C=CCCC2)C=C1. The van der Waals surface area contributed by atoms with Crippen LogP contribution in [0.25, 0.3) is 49.0 Å². The lowest BCUT2D eigenvalue weighted by Crippen LogP contribution is -2.62. The van der Waals surface area contributed by atoms with E-state index in [1.165, 1.54) is 120 Å². The molecule has 7 aliphatic carbocycles. The molecule has 0 spiro atoms. The zero-order valence-electron chi connectivity index (χ0n) is 55.0. The van der Waals surface area contributed by atoms with E-state index in [1.54, 1.807) is 21.6 Å². The Morgan fingerprint density at radius 2 is 1.51 bits per heavy atom. The quantitative estimate of drug-likeness (QED) is 0.106. The van der Waals surface area contributed by atoms with Gasteiger partial charge in [-0.25, -0.2) is 4.99 Å². The molecule has 3 N–H and O–H groups in total. The van der Waals surface area contributed by atoms with Crippen LogP contribution in [-0.4, -0.2) is 55.7 Å².